The predicted molar refractivity (Wildman–Crippen MR) is 95.5 cm³/mol. The van der Waals surface area contributed by atoms with Crippen molar-refractivity contribution in [2.24, 2.45) is 11.6 Å². The van der Waals surface area contributed by atoms with Crippen LogP contribution in [0.25, 0.3) is 0 Å². The van der Waals surface area contributed by atoms with E-state index in [-0.39, 0.29) is 6.29 Å². The van der Waals surface area contributed by atoms with E-state index in [1.807, 2.05) is 13.8 Å². The first-order valence-electron chi connectivity index (χ1n) is 9.13. The van der Waals surface area contributed by atoms with Gasteiger partial charge in [0.25, 0.3) is 0 Å². The van der Waals surface area contributed by atoms with Gasteiger partial charge in [0, 0.05) is 19.8 Å². The van der Waals surface area contributed by atoms with Gasteiger partial charge in [-0.15, -0.1) is 0 Å². The molecule has 0 saturated heterocycles. The van der Waals surface area contributed by atoms with Crippen molar-refractivity contribution in [3.8, 4) is 0 Å². The van der Waals surface area contributed by atoms with Gasteiger partial charge in [-0.2, -0.15) is 0 Å². The Morgan fingerprint density at radius 1 is 0.818 bits per heavy atom. The van der Waals surface area contributed by atoms with E-state index in [2.05, 4.69) is 12.3 Å². The molecule has 0 fully saturated rings. The summed E-state index contributed by atoms with van der Waals surface area (Å²) in [7, 11) is 0. The van der Waals surface area contributed by atoms with Gasteiger partial charge in [0.1, 0.15) is 0 Å². The molecule has 136 valence electrons. The SMILES string of the molecule is CCCCCCCCCC(OCC)OCC.NCCCNN. The molecule has 0 aliphatic heterocycles. The van der Waals surface area contributed by atoms with E-state index < -0.39 is 0 Å². The van der Waals surface area contributed by atoms with Crippen molar-refractivity contribution in [2.75, 3.05) is 26.3 Å². The largest absolute Gasteiger partial charge is 0.353 e. The van der Waals surface area contributed by atoms with Crippen molar-refractivity contribution in [3.05, 3.63) is 0 Å². The van der Waals surface area contributed by atoms with Crippen LogP contribution in [0.15, 0.2) is 0 Å². The molecule has 5 N–H and O–H groups in total. The number of nitrogens with one attached hydrogen (secondary N) is 1. The molecule has 0 saturated carbocycles. The van der Waals surface area contributed by atoms with Gasteiger partial charge in [-0.05, 0) is 39.7 Å². The summed E-state index contributed by atoms with van der Waals surface area (Å²) in [6.07, 6.45) is 11.5. The van der Waals surface area contributed by atoms with Crippen LogP contribution in [0.2, 0.25) is 0 Å². The first-order chi connectivity index (χ1) is 10.8. The normalized spacial score (nSPS) is 10.6. The molecule has 0 aromatic carbocycles. The molecule has 0 unspecified atom stereocenters. The van der Waals surface area contributed by atoms with Gasteiger partial charge < -0.3 is 15.2 Å². The van der Waals surface area contributed by atoms with Crippen LogP contribution in [0.3, 0.4) is 0 Å². The lowest BCUT2D eigenvalue weighted by Gasteiger charge is -2.16. The summed E-state index contributed by atoms with van der Waals surface area (Å²) in [4.78, 5) is 0. The Kier molecular flexibility index (Phi) is 25.2. The zero-order chi connectivity index (χ0) is 16.9. The molecule has 22 heavy (non-hydrogen) atoms. The van der Waals surface area contributed by atoms with E-state index in [4.69, 9.17) is 21.1 Å². The predicted octanol–water partition coefficient (Wildman–Crippen LogP) is 3.32. The molecule has 0 aliphatic carbocycles. The lowest BCUT2D eigenvalue weighted by molar-refractivity contribution is -0.140. The molecule has 0 atom stereocenters. The summed E-state index contributed by atoms with van der Waals surface area (Å²) in [6.45, 7) is 9.34. The fourth-order valence-corrected chi connectivity index (χ4v) is 2.06. The summed E-state index contributed by atoms with van der Waals surface area (Å²) in [6, 6.07) is 0. The summed E-state index contributed by atoms with van der Waals surface area (Å²) in [5.74, 6) is 4.91. The Morgan fingerprint density at radius 3 is 1.77 bits per heavy atom. The maximum absolute atomic E-state index is 5.51. The average molecular weight is 320 g/mol. The minimum Gasteiger partial charge on any atom is -0.353 e. The van der Waals surface area contributed by atoms with Crippen molar-refractivity contribution < 1.29 is 9.47 Å². The van der Waals surface area contributed by atoms with Crippen molar-refractivity contribution in [2.45, 2.75) is 84.8 Å². The zero-order valence-corrected chi connectivity index (χ0v) is 15.2. The second kappa shape index (κ2) is 23.1. The molecule has 0 aromatic heterocycles. The highest BCUT2D eigenvalue weighted by Crippen LogP contribution is 2.11. The number of hydrogen-bond donors (Lipinski definition) is 3. The van der Waals surface area contributed by atoms with Crippen LogP contribution in [-0.2, 0) is 9.47 Å². The summed E-state index contributed by atoms with van der Waals surface area (Å²) >= 11 is 0. The monoisotopic (exact) mass is 319 g/mol. The maximum atomic E-state index is 5.51. The fourth-order valence-electron chi connectivity index (χ4n) is 2.06. The van der Waals surface area contributed by atoms with Crippen LogP contribution in [0, 0.1) is 0 Å². The Balaban J connectivity index is 0. The second-order valence-corrected chi connectivity index (χ2v) is 5.35. The molecule has 0 aliphatic rings. The summed E-state index contributed by atoms with van der Waals surface area (Å²) < 4.78 is 11.0. The fraction of sp³-hybridized carbons (Fsp3) is 1.00. The Hall–Kier alpha value is -0.200. The van der Waals surface area contributed by atoms with Crippen molar-refractivity contribution in [1.82, 2.24) is 5.43 Å². The Bertz CT molecular complexity index is 173. The van der Waals surface area contributed by atoms with Crippen LogP contribution in [0.1, 0.15) is 78.6 Å². The summed E-state index contributed by atoms with van der Waals surface area (Å²) in [5, 5.41) is 0. The third-order valence-electron chi connectivity index (χ3n) is 3.27. The quantitative estimate of drug-likeness (QED) is 0.187. The third-order valence-corrected chi connectivity index (χ3v) is 3.27. The van der Waals surface area contributed by atoms with E-state index in [9.17, 15) is 0 Å². The highest BCUT2D eigenvalue weighted by molar-refractivity contribution is 4.49. The van der Waals surface area contributed by atoms with E-state index in [0.29, 0.717) is 6.54 Å². The van der Waals surface area contributed by atoms with Crippen molar-refractivity contribution in [1.29, 1.82) is 0 Å². The highest BCUT2D eigenvalue weighted by atomic mass is 16.7. The van der Waals surface area contributed by atoms with Crippen molar-refractivity contribution in [3.63, 3.8) is 0 Å². The van der Waals surface area contributed by atoms with Gasteiger partial charge in [0.15, 0.2) is 6.29 Å². The smallest absolute Gasteiger partial charge is 0.157 e. The molecule has 0 heterocycles. The number of hydrazine groups is 1. The molecular weight excluding hydrogens is 278 g/mol. The van der Waals surface area contributed by atoms with E-state index >= 15 is 0 Å². The molecular formula is C17H41N3O2. The summed E-state index contributed by atoms with van der Waals surface area (Å²) in [5.41, 5.74) is 7.61. The number of rotatable bonds is 15. The van der Waals surface area contributed by atoms with Gasteiger partial charge in [0.05, 0.1) is 0 Å². The van der Waals surface area contributed by atoms with Gasteiger partial charge in [-0.1, -0.05) is 45.4 Å². The van der Waals surface area contributed by atoms with Crippen LogP contribution in [0.4, 0.5) is 0 Å². The van der Waals surface area contributed by atoms with Crippen LogP contribution >= 0.6 is 0 Å². The number of hydrogen-bond acceptors (Lipinski definition) is 5. The van der Waals surface area contributed by atoms with Crippen molar-refractivity contribution >= 4 is 0 Å². The van der Waals surface area contributed by atoms with Gasteiger partial charge in [-0.25, -0.2) is 0 Å². The van der Waals surface area contributed by atoms with Crippen LogP contribution in [0.5, 0.6) is 0 Å². The molecule has 0 radical (unpaired) electrons. The molecule has 0 bridgehead atoms. The van der Waals surface area contributed by atoms with E-state index in [0.717, 1.165) is 32.6 Å². The molecule has 0 rings (SSSR count). The minimum absolute atomic E-state index is 0.0330. The third kappa shape index (κ3) is 22.1. The first-order valence-corrected chi connectivity index (χ1v) is 9.13. The second-order valence-electron chi connectivity index (χ2n) is 5.35. The number of nitrogens with two attached hydrogens (primary N) is 2. The lowest BCUT2D eigenvalue weighted by atomic mass is 10.1. The number of ether oxygens (including phenoxy) is 2. The van der Waals surface area contributed by atoms with Gasteiger partial charge in [0.2, 0.25) is 0 Å². The molecule has 5 nitrogen and oxygen atoms in total. The Labute approximate surface area is 138 Å². The molecule has 0 aromatic rings. The Morgan fingerprint density at radius 2 is 1.36 bits per heavy atom. The molecule has 5 heteroatoms. The van der Waals surface area contributed by atoms with Crippen LogP contribution < -0.4 is 17.0 Å². The first kappa shape index (κ1) is 24.1. The number of unbranched alkanes of at least 4 members (excludes halogenated alkanes) is 6. The lowest BCUT2D eigenvalue weighted by Crippen LogP contribution is -2.24. The van der Waals surface area contributed by atoms with Crippen LogP contribution in [-0.4, -0.2) is 32.6 Å². The van der Waals surface area contributed by atoms with Gasteiger partial charge >= 0.3 is 0 Å². The standard InChI is InChI=1S/C14H30O2.C3H11N3/c1-4-7-8-9-10-11-12-13-14(15-5-2)16-6-3;4-2-1-3-6-5/h14H,4-13H2,1-3H3;6H,1-5H2. The topological polar surface area (TPSA) is 82.5 Å². The highest BCUT2D eigenvalue weighted by Gasteiger charge is 2.06. The van der Waals surface area contributed by atoms with E-state index in [1.165, 1.54) is 44.9 Å². The average Bonchev–Trinajstić information content (AvgIpc) is 2.53. The van der Waals surface area contributed by atoms with Gasteiger partial charge in [-0.3, -0.25) is 11.3 Å². The zero-order valence-electron chi connectivity index (χ0n) is 15.2. The molecule has 0 spiro atoms. The molecule has 0 amide bonds. The van der Waals surface area contributed by atoms with E-state index in [1.54, 1.807) is 0 Å². The minimum atomic E-state index is 0.0330. The maximum Gasteiger partial charge on any atom is 0.157 e.